The number of aliphatic hydroxyl groups excluding tert-OH is 2. The zero-order valence-corrected chi connectivity index (χ0v) is 23.2. The monoisotopic (exact) mass is 544 g/mol. The lowest BCUT2D eigenvalue weighted by Crippen LogP contribution is -2.20. The first kappa shape index (κ1) is 29.1. The van der Waals surface area contributed by atoms with E-state index in [0.717, 1.165) is 40.3 Å². The molecule has 0 fully saturated rings. The predicted octanol–water partition coefficient (Wildman–Crippen LogP) is 6.35. The molecule has 1 unspecified atom stereocenters. The number of benzene rings is 2. The maximum atomic E-state index is 13.9. The van der Waals surface area contributed by atoms with E-state index in [4.69, 9.17) is 5.10 Å². The number of Topliss-reactive ketones (excluding diaryl/α,β-unsaturated/α-hetero) is 1. The average molecular weight is 545 g/mol. The molecule has 4 aromatic rings. The van der Waals surface area contributed by atoms with Gasteiger partial charge in [0.25, 0.3) is 0 Å². The minimum Gasteiger partial charge on any atom is -0.393 e. The molecule has 8 heteroatoms. The summed E-state index contributed by atoms with van der Waals surface area (Å²) in [5, 5.41) is 29.3. The van der Waals surface area contributed by atoms with Crippen molar-refractivity contribution >= 4 is 17.3 Å². The van der Waals surface area contributed by atoms with Gasteiger partial charge in [-0.3, -0.25) is 4.79 Å². The van der Waals surface area contributed by atoms with Crippen LogP contribution in [0.25, 0.3) is 16.9 Å². The number of aromatic nitrogens is 3. The number of hydrogen-bond acceptors (Lipinski definition) is 6. The summed E-state index contributed by atoms with van der Waals surface area (Å²) in [5.41, 5.74) is 5.21. The lowest BCUT2D eigenvalue weighted by molar-refractivity contribution is -0.119. The molecule has 0 aliphatic rings. The molecule has 7 nitrogen and oxygen atoms in total. The second kappa shape index (κ2) is 13.5. The Hall–Kier alpha value is -3.88. The number of pyridine rings is 1. The van der Waals surface area contributed by atoms with Crippen LogP contribution in [0.3, 0.4) is 0 Å². The molecule has 0 amide bonds. The highest BCUT2D eigenvalue weighted by molar-refractivity contribution is 5.76. The van der Waals surface area contributed by atoms with Crippen LogP contribution < -0.4 is 5.32 Å². The Kier molecular flexibility index (Phi) is 9.79. The van der Waals surface area contributed by atoms with E-state index in [1.807, 2.05) is 47.1 Å². The van der Waals surface area contributed by atoms with Gasteiger partial charge in [0.2, 0.25) is 0 Å². The number of nitrogens with zero attached hydrogens (tertiary/aromatic N) is 3. The third-order valence-electron chi connectivity index (χ3n) is 7.04. The number of anilines is 2. The van der Waals surface area contributed by atoms with Crippen LogP contribution >= 0.6 is 0 Å². The summed E-state index contributed by atoms with van der Waals surface area (Å²) in [7, 11) is 0. The molecule has 0 aliphatic heterocycles. The Morgan fingerprint density at radius 1 is 1.05 bits per heavy atom. The molecular formula is C32H37FN4O3. The average Bonchev–Trinajstić information content (AvgIpc) is 3.31. The number of aliphatic hydroxyl groups is 2. The van der Waals surface area contributed by atoms with Crippen LogP contribution in [0, 0.1) is 5.82 Å². The van der Waals surface area contributed by atoms with Crippen LogP contribution in [0.1, 0.15) is 63.6 Å². The van der Waals surface area contributed by atoms with E-state index in [-0.39, 0.29) is 30.4 Å². The van der Waals surface area contributed by atoms with Crippen LogP contribution in [0.5, 0.6) is 0 Å². The van der Waals surface area contributed by atoms with E-state index >= 15 is 0 Å². The van der Waals surface area contributed by atoms with Crippen molar-refractivity contribution in [2.75, 3.05) is 5.32 Å². The van der Waals surface area contributed by atoms with Gasteiger partial charge in [-0.25, -0.2) is 14.1 Å². The molecule has 210 valence electrons. The fourth-order valence-electron chi connectivity index (χ4n) is 4.84. The molecule has 0 saturated carbocycles. The Morgan fingerprint density at radius 3 is 2.45 bits per heavy atom. The first-order chi connectivity index (χ1) is 19.2. The summed E-state index contributed by atoms with van der Waals surface area (Å²) in [6.45, 7) is 5.65. The van der Waals surface area contributed by atoms with E-state index in [1.54, 1.807) is 18.3 Å². The summed E-state index contributed by atoms with van der Waals surface area (Å²) in [6, 6.07) is 19.9. The van der Waals surface area contributed by atoms with Gasteiger partial charge in [-0.15, -0.1) is 0 Å². The van der Waals surface area contributed by atoms with E-state index in [1.165, 1.54) is 19.1 Å². The molecule has 0 aliphatic carbocycles. The van der Waals surface area contributed by atoms with Gasteiger partial charge in [-0.05, 0) is 75.1 Å². The smallest absolute Gasteiger partial charge is 0.132 e. The van der Waals surface area contributed by atoms with Crippen LogP contribution in [-0.2, 0) is 11.2 Å². The molecule has 0 saturated heterocycles. The van der Waals surface area contributed by atoms with Crippen molar-refractivity contribution in [3.8, 4) is 16.9 Å². The standard InChI is InChI=1S/C32H37FN4O3/c1-4-21(2)31-29(15-14-27(39)20-28(40)18-22(3)38)32(23-10-12-24(33)13-11-23)37(36-31)26-16-17-34-30(19-26)35-25-8-6-5-7-9-25/h5-13,16-17,19,21,27-28,39-40H,4,14-15,18,20H2,1-3H3,(H,34,35)/t21?,27-,28+/m1/s1. The molecule has 2 aromatic carbocycles. The molecule has 3 atom stereocenters. The maximum Gasteiger partial charge on any atom is 0.132 e. The normalized spacial score (nSPS) is 13.6. The Morgan fingerprint density at radius 2 is 1.77 bits per heavy atom. The van der Waals surface area contributed by atoms with Crippen LogP contribution in [0.2, 0.25) is 0 Å². The van der Waals surface area contributed by atoms with Crippen molar-refractivity contribution < 1.29 is 19.4 Å². The summed E-state index contributed by atoms with van der Waals surface area (Å²) in [5.74, 6) is 0.356. The first-order valence-corrected chi connectivity index (χ1v) is 13.8. The van der Waals surface area contributed by atoms with Crippen molar-refractivity contribution in [2.24, 2.45) is 0 Å². The fraction of sp³-hybridized carbons (Fsp3) is 0.344. The van der Waals surface area contributed by atoms with Gasteiger partial charge in [0.05, 0.1) is 29.3 Å². The van der Waals surface area contributed by atoms with Crippen molar-refractivity contribution in [3.05, 3.63) is 90.0 Å². The molecule has 3 N–H and O–H groups in total. The van der Waals surface area contributed by atoms with E-state index < -0.39 is 12.2 Å². The van der Waals surface area contributed by atoms with Gasteiger partial charge < -0.3 is 15.5 Å². The number of carbonyl (C=O) groups excluding carboxylic acids is 1. The Labute approximate surface area is 234 Å². The summed E-state index contributed by atoms with van der Waals surface area (Å²) in [6.07, 6.45) is 1.95. The van der Waals surface area contributed by atoms with Gasteiger partial charge in [0.1, 0.15) is 17.4 Å². The predicted molar refractivity (Wildman–Crippen MR) is 155 cm³/mol. The minimum absolute atomic E-state index is 0.0231. The molecule has 4 rings (SSSR count). The number of nitrogens with one attached hydrogen (secondary N) is 1. The van der Waals surface area contributed by atoms with Gasteiger partial charge in [0, 0.05) is 41.4 Å². The van der Waals surface area contributed by atoms with Crippen LogP contribution in [-0.4, -0.2) is 43.0 Å². The van der Waals surface area contributed by atoms with Crippen molar-refractivity contribution in [1.29, 1.82) is 0 Å². The number of carbonyl (C=O) groups is 1. The summed E-state index contributed by atoms with van der Waals surface area (Å²) in [4.78, 5) is 15.8. The van der Waals surface area contributed by atoms with E-state index in [2.05, 4.69) is 24.1 Å². The van der Waals surface area contributed by atoms with Gasteiger partial charge in [-0.2, -0.15) is 5.10 Å². The zero-order valence-electron chi connectivity index (χ0n) is 23.2. The molecule has 0 spiro atoms. The highest BCUT2D eigenvalue weighted by Crippen LogP contribution is 2.35. The van der Waals surface area contributed by atoms with Crippen molar-refractivity contribution in [3.63, 3.8) is 0 Å². The molecule has 2 aromatic heterocycles. The second-order valence-corrected chi connectivity index (χ2v) is 10.3. The van der Waals surface area contributed by atoms with Crippen LogP contribution in [0.15, 0.2) is 72.9 Å². The van der Waals surface area contributed by atoms with E-state index in [9.17, 15) is 19.4 Å². The highest BCUT2D eigenvalue weighted by atomic mass is 19.1. The maximum absolute atomic E-state index is 13.9. The van der Waals surface area contributed by atoms with Crippen molar-refractivity contribution in [2.45, 2.75) is 71.0 Å². The lowest BCUT2D eigenvalue weighted by atomic mass is 9.92. The topological polar surface area (TPSA) is 100 Å². The quantitative estimate of drug-likeness (QED) is 0.181. The Balaban J connectivity index is 1.75. The molecule has 2 heterocycles. The third-order valence-corrected chi connectivity index (χ3v) is 7.04. The minimum atomic E-state index is -0.881. The Bertz CT molecular complexity index is 1410. The van der Waals surface area contributed by atoms with E-state index in [0.29, 0.717) is 18.7 Å². The molecule has 40 heavy (non-hydrogen) atoms. The fourth-order valence-corrected chi connectivity index (χ4v) is 4.84. The van der Waals surface area contributed by atoms with Gasteiger partial charge in [0.15, 0.2) is 0 Å². The number of ketones is 1. The highest BCUT2D eigenvalue weighted by Gasteiger charge is 2.25. The summed E-state index contributed by atoms with van der Waals surface area (Å²) >= 11 is 0. The summed E-state index contributed by atoms with van der Waals surface area (Å²) < 4.78 is 15.8. The molecule has 0 bridgehead atoms. The zero-order chi connectivity index (χ0) is 28.6. The van der Waals surface area contributed by atoms with Crippen molar-refractivity contribution in [1.82, 2.24) is 14.8 Å². The second-order valence-electron chi connectivity index (χ2n) is 10.3. The molecular weight excluding hydrogens is 507 g/mol. The SMILES string of the molecule is CCC(C)c1nn(-c2ccnc(Nc3ccccc3)c2)c(-c2ccc(F)cc2)c1CC[C@@H](O)C[C@@H](O)CC(C)=O. The number of halogens is 1. The number of rotatable bonds is 13. The largest absolute Gasteiger partial charge is 0.393 e. The number of para-hydroxylation sites is 1. The van der Waals surface area contributed by atoms with Gasteiger partial charge in [-0.1, -0.05) is 32.0 Å². The van der Waals surface area contributed by atoms with Crippen LogP contribution in [0.4, 0.5) is 15.9 Å². The lowest BCUT2D eigenvalue weighted by Gasteiger charge is -2.16. The first-order valence-electron chi connectivity index (χ1n) is 13.8. The van der Waals surface area contributed by atoms with Gasteiger partial charge >= 0.3 is 0 Å². The third kappa shape index (κ3) is 7.40. The number of hydrogen-bond donors (Lipinski definition) is 3. The molecule has 0 radical (unpaired) electrons.